The number of guanidine groups is 1. The molecule has 0 bridgehead atoms. The van der Waals surface area contributed by atoms with Gasteiger partial charge in [-0.05, 0) is 44.9 Å². The number of benzene rings is 1. The Morgan fingerprint density at radius 3 is 2.62 bits per heavy atom. The summed E-state index contributed by atoms with van der Waals surface area (Å²) in [5.74, 6) is 1.66. The van der Waals surface area contributed by atoms with Gasteiger partial charge < -0.3 is 24.6 Å². The standard InChI is InChI=1S/C25H43N5O2/c1-3-26-25(30-14-11-23(21-30)22-32-20-19-31-2)27-12-7-8-13-28-15-17-29(18-16-28)24-9-5-4-6-10-24/h4-6,9-10,23H,3,7-8,11-22H2,1-2H3,(H,26,27). The summed E-state index contributed by atoms with van der Waals surface area (Å²) < 4.78 is 10.8. The Bertz CT molecular complexity index is 649. The summed E-state index contributed by atoms with van der Waals surface area (Å²) in [5.41, 5.74) is 1.35. The van der Waals surface area contributed by atoms with Gasteiger partial charge in [0.25, 0.3) is 0 Å². The van der Waals surface area contributed by atoms with Crippen LogP contribution in [0.4, 0.5) is 5.69 Å². The number of anilines is 1. The van der Waals surface area contributed by atoms with E-state index in [1.54, 1.807) is 7.11 Å². The van der Waals surface area contributed by atoms with E-state index < -0.39 is 0 Å². The number of rotatable bonds is 12. The molecular formula is C25H43N5O2. The molecule has 3 rings (SSSR count). The van der Waals surface area contributed by atoms with Crippen LogP contribution in [-0.2, 0) is 9.47 Å². The van der Waals surface area contributed by atoms with Crippen molar-refractivity contribution in [1.82, 2.24) is 15.1 Å². The van der Waals surface area contributed by atoms with E-state index in [1.165, 1.54) is 25.1 Å². The second kappa shape index (κ2) is 14.3. The predicted molar refractivity (Wildman–Crippen MR) is 133 cm³/mol. The van der Waals surface area contributed by atoms with Gasteiger partial charge in [0.15, 0.2) is 5.96 Å². The van der Waals surface area contributed by atoms with Crippen molar-refractivity contribution < 1.29 is 9.47 Å². The molecule has 7 heteroatoms. The second-order valence-electron chi connectivity index (χ2n) is 8.78. The lowest BCUT2D eigenvalue weighted by Gasteiger charge is -2.36. The number of methoxy groups -OCH3 is 1. The second-order valence-corrected chi connectivity index (χ2v) is 8.78. The monoisotopic (exact) mass is 445 g/mol. The number of nitrogens with one attached hydrogen (secondary N) is 1. The third-order valence-corrected chi connectivity index (χ3v) is 6.34. The molecule has 2 aliphatic rings. The smallest absolute Gasteiger partial charge is 0.193 e. The van der Waals surface area contributed by atoms with Crippen molar-refractivity contribution in [3.8, 4) is 0 Å². The van der Waals surface area contributed by atoms with E-state index in [4.69, 9.17) is 14.5 Å². The molecule has 0 aliphatic carbocycles. The minimum atomic E-state index is 0.588. The van der Waals surface area contributed by atoms with Gasteiger partial charge in [-0.1, -0.05) is 18.2 Å². The highest BCUT2D eigenvalue weighted by atomic mass is 16.5. The SMILES string of the molecule is CCNC(=NCCCCN1CCN(c2ccccc2)CC1)N1CCC(COCCOC)C1. The van der Waals surface area contributed by atoms with Crippen molar-refractivity contribution in [3.63, 3.8) is 0 Å². The fourth-order valence-corrected chi connectivity index (χ4v) is 4.48. The van der Waals surface area contributed by atoms with Gasteiger partial charge in [0.05, 0.1) is 19.8 Å². The molecule has 0 radical (unpaired) electrons. The highest BCUT2D eigenvalue weighted by Gasteiger charge is 2.25. The van der Waals surface area contributed by atoms with Crippen LogP contribution in [0.1, 0.15) is 26.2 Å². The Balaban J connectivity index is 1.31. The predicted octanol–water partition coefficient (Wildman–Crippen LogP) is 2.54. The molecule has 2 saturated heterocycles. The minimum Gasteiger partial charge on any atom is -0.382 e. The number of likely N-dealkylation sites (tertiary alicyclic amines) is 1. The first-order chi connectivity index (χ1) is 15.8. The summed E-state index contributed by atoms with van der Waals surface area (Å²) in [6.07, 6.45) is 3.53. The van der Waals surface area contributed by atoms with Crippen LogP contribution in [0, 0.1) is 5.92 Å². The molecule has 1 aromatic carbocycles. The summed E-state index contributed by atoms with van der Waals surface area (Å²) >= 11 is 0. The van der Waals surface area contributed by atoms with E-state index in [1.807, 2.05) is 0 Å². The summed E-state index contributed by atoms with van der Waals surface area (Å²) in [5, 5.41) is 3.48. The molecule has 0 spiro atoms. The molecule has 32 heavy (non-hydrogen) atoms. The summed E-state index contributed by atoms with van der Waals surface area (Å²) in [7, 11) is 1.71. The van der Waals surface area contributed by atoms with Crippen LogP contribution in [0.25, 0.3) is 0 Å². The number of aliphatic imine (C=N–C) groups is 1. The number of ether oxygens (including phenoxy) is 2. The lowest BCUT2D eigenvalue weighted by atomic mass is 10.1. The summed E-state index contributed by atoms with van der Waals surface area (Å²) in [4.78, 5) is 12.4. The Hall–Kier alpha value is -1.83. The van der Waals surface area contributed by atoms with Crippen LogP contribution in [0.15, 0.2) is 35.3 Å². The van der Waals surface area contributed by atoms with Crippen LogP contribution >= 0.6 is 0 Å². The van der Waals surface area contributed by atoms with E-state index in [9.17, 15) is 0 Å². The molecule has 2 aliphatic heterocycles. The van der Waals surface area contributed by atoms with E-state index in [-0.39, 0.29) is 0 Å². The maximum Gasteiger partial charge on any atom is 0.193 e. The fourth-order valence-electron chi connectivity index (χ4n) is 4.48. The van der Waals surface area contributed by atoms with Gasteiger partial charge in [0, 0.05) is 71.1 Å². The van der Waals surface area contributed by atoms with Gasteiger partial charge in [-0.25, -0.2) is 0 Å². The Morgan fingerprint density at radius 2 is 1.88 bits per heavy atom. The third kappa shape index (κ3) is 8.26. The molecule has 0 saturated carbocycles. The first kappa shape index (κ1) is 24.8. The maximum atomic E-state index is 5.73. The van der Waals surface area contributed by atoms with Crippen LogP contribution in [0.2, 0.25) is 0 Å². The Kier molecular flexibility index (Phi) is 11.1. The zero-order valence-corrected chi connectivity index (χ0v) is 20.2. The largest absolute Gasteiger partial charge is 0.382 e. The van der Waals surface area contributed by atoms with Gasteiger partial charge in [-0.3, -0.25) is 9.89 Å². The fraction of sp³-hybridized carbons (Fsp3) is 0.720. The first-order valence-electron chi connectivity index (χ1n) is 12.4. The van der Waals surface area contributed by atoms with E-state index in [0.29, 0.717) is 19.1 Å². The van der Waals surface area contributed by atoms with Crippen molar-refractivity contribution in [2.45, 2.75) is 26.2 Å². The van der Waals surface area contributed by atoms with Gasteiger partial charge in [-0.15, -0.1) is 0 Å². The lowest BCUT2D eigenvalue weighted by Crippen LogP contribution is -2.46. The normalized spacial score (nSPS) is 20.2. The third-order valence-electron chi connectivity index (χ3n) is 6.34. The van der Waals surface area contributed by atoms with Gasteiger partial charge in [-0.2, -0.15) is 0 Å². The summed E-state index contributed by atoms with van der Waals surface area (Å²) in [6, 6.07) is 10.8. The molecule has 2 heterocycles. The van der Waals surface area contributed by atoms with E-state index in [0.717, 1.165) is 71.3 Å². The highest BCUT2D eigenvalue weighted by Crippen LogP contribution is 2.17. The van der Waals surface area contributed by atoms with Gasteiger partial charge >= 0.3 is 0 Å². The van der Waals surface area contributed by atoms with Crippen LogP contribution in [0.5, 0.6) is 0 Å². The van der Waals surface area contributed by atoms with Crippen LogP contribution in [0.3, 0.4) is 0 Å². The number of unbranched alkanes of at least 4 members (excludes halogenated alkanes) is 1. The number of nitrogens with zero attached hydrogens (tertiary/aromatic N) is 4. The molecule has 7 nitrogen and oxygen atoms in total. The van der Waals surface area contributed by atoms with E-state index in [2.05, 4.69) is 57.3 Å². The average Bonchev–Trinajstić information content (AvgIpc) is 3.31. The Labute approximate surface area is 194 Å². The van der Waals surface area contributed by atoms with Crippen molar-refractivity contribution in [1.29, 1.82) is 0 Å². The van der Waals surface area contributed by atoms with Crippen molar-refractivity contribution in [2.75, 3.05) is 90.7 Å². The van der Waals surface area contributed by atoms with Gasteiger partial charge in [0.2, 0.25) is 0 Å². The molecule has 2 fully saturated rings. The molecular weight excluding hydrogens is 402 g/mol. The number of hydrogen-bond acceptors (Lipinski definition) is 5. The molecule has 1 atom stereocenters. The quantitative estimate of drug-likeness (QED) is 0.303. The number of hydrogen-bond donors (Lipinski definition) is 1. The van der Waals surface area contributed by atoms with Crippen LogP contribution in [-0.4, -0.2) is 102 Å². The zero-order valence-electron chi connectivity index (χ0n) is 20.2. The summed E-state index contributed by atoms with van der Waals surface area (Å²) in [6.45, 7) is 14.0. The molecule has 0 aromatic heterocycles. The average molecular weight is 446 g/mol. The van der Waals surface area contributed by atoms with Crippen molar-refractivity contribution >= 4 is 11.6 Å². The topological polar surface area (TPSA) is 52.6 Å². The van der Waals surface area contributed by atoms with Crippen molar-refractivity contribution in [3.05, 3.63) is 30.3 Å². The Morgan fingerprint density at radius 1 is 1.06 bits per heavy atom. The molecule has 1 N–H and O–H groups in total. The molecule has 0 amide bonds. The minimum absolute atomic E-state index is 0.588. The highest BCUT2D eigenvalue weighted by molar-refractivity contribution is 5.80. The molecule has 180 valence electrons. The number of para-hydroxylation sites is 1. The lowest BCUT2D eigenvalue weighted by molar-refractivity contribution is 0.0536. The van der Waals surface area contributed by atoms with Gasteiger partial charge in [0.1, 0.15) is 0 Å². The van der Waals surface area contributed by atoms with Crippen LogP contribution < -0.4 is 10.2 Å². The van der Waals surface area contributed by atoms with Crippen molar-refractivity contribution in [2.24, 2.45) is 10.9 Å². The first-order valence-corrected chi connectivity index (χ1v) is 12.4. The molecule has 1 aromatic rings. The zero-order chi connectivity index (χ0) is 22.4. The van der Waals surface area contributed by atoms with E-state index >= 15 is 0 Å². The maximum absolute atomic E-state index is 5.73. The molecule has 1 unspecified atom stereocenters. The number of piperazine rings is 1.